The van der Waals surface area contributed by atoms with Crippen LogP contribution in [0.15, 0.2) is 103 Å². The van der Waals surface area contributed by atoms with Gasteiger partial charge in [-0.1, -0.05) is 91.0 Å². The number of hydrogen-bond donors (Lipinski definition) is 0. The summed E-state index contributed by atoms with van der Waals surface area (Å²) in [5.74, 6) is -1.90. The molecule has 0 aliphatic heterocycles. The van der Waals surface area contributed by atoms with Crippen LogP contribution in [0.25, 0.3) is 12.2 Å². The number of rotatable bonds is 11. The monoisotopic (exact) mass is 484 g/mol. The summed E-state index contributed by atoms with van der Waals surface area (Å²) >= 11 is 0. The van der Waals surface area contributed by atoms with Gasteiger partial charge in [-0.05, 0) is 35.8 Å². The summed E-state index contributed by atoms with van der Waals surface area (Å²) in [6.07, 6.45) is 5.78. The molecule has 0 saturated heterocycles. The lowest BCUT2D eigenvalue weighted by Crippen LogP contribution is -2.40. The van der Waals surface area contributed by atoms with Crippen molar-refractivity contribution in [3.8, 4) is 0 Å². The molecule has 3 aromatic rings. The van der Waals surface area contributed by atoms with E-state index in [1.807, 2.05) is 91.0 Å². The number of hydrogen-bond acceptors (Lipinski definition) is 6. The Hall–Kier alpha value is -4.45. The Morgan fingerprint density at radius 1 is 0.639 bits per heavy atom. The molecule has 3 aromatic carbocycles. The van der Waals surface area contributed by atoms with Crippen LogP contribution in [0.4, 0.5) is 0 Å². The lowest BCUT2D eigenvalue weighted by atomic mass is 9.93. The smallest absolute Gasteiger partial charge is 0.330 e. The van der Waals surface area contributed by atoms with Crippen LogP contribution in [0.5, 0.6) is 0 Å². The molecule has 6 heteroatoms. The third kappa shape index (κ3) is 8.72. The van der Waals surface area contributed by atoms with E-state index in [9.17, 15) is 14.4 Å². The second-order valence-electron chi connectivity index (χ2n) is 8.33. The van der Waals surface area contributed by atoms with E-state index in [-0.39, 0.29) is 19.8 Å². The van der Waals surface area contributed by atoms with Crippen molar-refractivity contribution in [3.63, 3.8) is 0 Å². The van der Waals surface area contributed by atoms with E-state index in [2.05, 4.69) is 0 Å². The fraction of sp³-hybridized carbons (Fsp3) is 0.167. The Labute approximate surface area is 210 Å². The average molecular weight is 485 g/mol. The quantitative estimate of drug-likeness (QED) is 0.210. The van der Waals surface area contributed by atoms with Gasteiger partial charge in [-0.25, -0.2) is 9.59 Å². The Morgan fingerprint density at radius 3 is 1.50 bits per heavy atom. The minimum atomic E-state index is -1.40. The predicted octanol–water partition coefficient (Wildman–Crippen LogP) is 5.25. The summed E-state index contributed by atoms with van der Waals surface area (Å²) in [7, 11) is 0. The molecule has 3 rings (SSSR count). The average Bonchev–Trinajstić information content (AvgIpc) is 2.93. The summed E-state index contributed by atoms with van der Waals surface area (Å²) in [5.41, 5.74) is 1.07. The van der Waals surface area contributed by atoms with Crippen molar-refractivity contribution in [1.82, 2.24) is 0 Å². The summed E-state index contributed by atoms with van der Waals surface area (Å²) in [6.45, 7) is 0.921. The number of ether oxygens (including phenoxy) is 3. The second kappa shape index (κ2) is 13.4. The standard InChI is InChI=1S/C30H28O6/c1-30(29(33)34-21-26-15-9-4-10-16-26,22-35-27(31)19-17-24-11-5-2-6-12-24)23-36-28(32)20-18-25-13-7-3-8-14-25/h2-20H,21-23H2,1H3/b19-17+,20-18+. The topological polar surface area (TPSA) is 78.9 Å². The van der Waals surface area contributed by atoms with E-state index in [1.54, 1.807) is 12.2 Å². The summed E-state index contributed by atoms with van der Waals surface area (Å²) in [5, 5.41) is 0. The maximum atomic E-state index is 13.0. The molecule has 0 fully saturated rings. The van der Waals surface area contributed by atoms with E-state index in [0.717, 1.165) is 16.7 Å². The zero-order valence-electron chi connectivity index (χ0n) is 20.0. The van der Waals surface area contributed by atoms with Gasteiger partial charge in [0.15, 0.2) is 0 Å². The first kappa shape index (κ1) is 26.2. The lowest BCUT2D eigenvalue weighted by molar-refractivity contribution is -0.168. The summed E-state index contributed by atoms with van der Waals surface area (Å²) in [4.78, 5) is 37.5. The molecule has 0 atom stereocenters. The first-order valence-electron chi connectivity index (χ1n) is 11.5. The minimum absolute atomic E-state index is 0.0407. The van der Waals surface area contributed by atoms with E-state index < -0.39 is 23.3 Å². The zero-order valence-corrected chi connectivity index (χ0v) is 20.0. The SMILES string of the molecule is CC(COC(=O)/C=C/c1ccccc1)(COC(=O)/C=C/c1ccccc1)C(=O)OCc1ccccc1. The molecule has 0 unspecified atom stereocenters. The maximum Gasteiger partial charge on any atom is 0.330 e. The largest absolute Gasteiger partial charge is 0.461 e. The van der Waals surface area contributed by atoms with Gasteiger partial charge in [-0.15, -0.1) is 0 Å². The highest BCUT2D eigenvalue weighted by Crippen LogP contribution is 2.22. The molecule has 0 aliphatic rings. The van der Waals surface area contributed by atoms with E-state index in [4.69, 9.17) is 14.2 Å². The van der Waals surface area contributed by atoms with Gasteiger partial charge in [0.1, 0.15) is 25.2 Å². The van der Waals surface area contributed by atoms with Gasteiger partial charge in [0.05, 0.1) is 0 Å². The molecular weight excluding hydrogens is 456 g/mol. The summed E-state index contributed by atoms with van der Waals surface area (Å²) in [6, 6.07) is 27.7. The molecule has 0 spiro atoms. The van der Waals surface area contributed by atoms with Crippen LogP contribution in [-0.2, 0) is 35.2 Å². The van der Waals surface area contributed by atoms with Gasteiger partial charge < -0.3 is 14.2 Å². The third-order valence-corrected chi connectivity index (χ3v) is 5.19. The van der Waals surface area contributed by atoms with Crippen LogP contribution in [0.1, 0.15) is 23.6 Å². The second-order valence-corrected chi connectivity index (χ2v) is 8.33. The molecule has 0 aromatic heterocycles. The van der Waals surface area contributed by atoms with E-state index in [0.29, 0.717) is 0 Å². The molecular formula is C30H28O6. The Balaban J connectivity index is 1.63. The molecule has 0 saturated carbocycles. The van der Waals surface area contributed by atoms with Crippen molar-refractivity contribution in [2.45, 2.75) is 13.5 Å². The van der Waals surface area contributed by atoms with Crippen LogP contribution >= 0.6 is 0 Å². The fourth-order valence-electron chi connectivity index (χ4n) is 3.07. The highest BCUT2D eigenvalue weighted by Gasteiger charge is 2.38. The molecule has 0 bridgehead atoms. The fourth-order valence-corrected chi connectivity index (χ4v) is 3.07. The molecule has 0 heterocycles. The van der Waals surface area contributed by atoms with E-state index in [1.165, 1.54) is 19.1 Å². The van der Waals surface area contributed by atoms with Crippen molar-refractivity contribution in [2.75, 3.05) is 13.2 Å². The van der Waals surface area contributed by atoms with Crippen LogP contribution in [0, 0.1) is 5.41 Å². The molecule has 0 aliphatic carbocycles. The molecule has 0 radical (unpaired) electrons. The van der Waals surface area contributed by atoms with Gasteiger partial charge in [0.2, 0.25) is 0 Å². The normalized spacial score (nSPS) is 11.4. The predicted molar refractivity (Wildman–Crippen MR) is 137 cm³/mol. The minimum Gasteiger partial charge on any atom is -0.461 e. The van der Waals surface area contributed by atoms with Crippen LogP contribution in [0.2, 0.25) is 0 Å². The Kier molecular flexibility index (Phi) is 9.77. The van der Waals surface area contributed by atoms with Gasteiger partial charge in [-0.3, -0.25) is 4.79 Å². The van der Waals surface area contributed by atoms with Crippen molar-refractivity contribution in [2.24, 2.45) is 5.41 Å². The Morgan fingerprint density at radius 2 is 1.06 bits per heavy atom. The summed E-state index contributed by atoms with van der Waals surface area (Å²) < 4.78 is 16.1. The van der Waals surface area contributed by atoms with Crippen molar-refractivity contribution in [3.05, 3.63) is 120 Å². The number of carbonyl (C=O) groups excluding carboxylic acids is 3. The first-order valence-corrected chi connectivity index (χ1v) is 11.5. The van der Waals surface area contributed by atoms with Gasteiger partial charge in [0.25, 0.3) is 0 Å². The van der Waals surface area contributed by atoms with Gasteiger partial charge >= 0.3 is 17.9 Å². The van der Waals surface area contributed by atoms with Crippen molar-refractivity contribution >= 4 is 30.1 Å². The molecule has 0 amide bonds. The third-order valence-electron chi connectivity index (χ3n) is 5.19. The highest BCUT2D eigenvalue weighted by atomic mass is 16.6. The maximum absolute atomic E-state index is 13.0. The molecule has 6 nitrogen and oxygen atoms in total. The highest BCUT2D eigenvalue weighted by molar-refractivity contribution is 5.88. The molecule has 0 N–H and O–H groups in total. The first-order chi connectivity index (χ1) is 17.4. The number of esters is 3. The molecule has 36 heavy (non-hydrogen) atoms. The van der Waals surface area contributed by atoms with Crippen LogP contribution in [-0.4, -0.2) is 31.1 Å². The molecule has 184 valence electrons. The lowest BCUT2D eigenvalue weighted by Gasteiger charge is -2.26. The Bertz CT molecular complexity index is 1120. The van der Waals surface area contributed by atoms with Crippen LogP contribution < -0.4 is 0 Å². The number of carbonyl (C=O) groups is 3. The van der Waals surface area contributed by atoms with E-state index >= 15 is 0 Å². The van der Waals surface area contributed by atoms with Gasteiger partial charge in [0, 0.05) is 12.2 Å². The van der Waals surface area contributed by atoms with Crippen molar-refractivity contribution < 1.29 is 28.6 Å². The van der Waals surface area contributed by atoms with Gasteiger partial charge in [-0.2, -0.15) is 0 Å². The van der Waals surface area contributed by atoms with Crippen molar-refractivity contribution in [1.29, 1.82) is 0 Å². The van der Waals surface area contributed by atoms with Crippen LogP contribution in [0.3, 0.4) is 0 Å². The number of benzene rings is 3. The zero-order chi connectivity index (χ0) is 25.6.